The molecule has 1 saturated heterocycles. The Kier molecular flexibility index (Phi) is 5.65. The third kappa shape index (κ3) is 4.54. The summed E-state index contributed by atoms with van der Waals surface area (Å²) in [5.41, 5.74) is 0. The van der Waals surface area contributed by atoms with Crippen molar-refractivity contribution >= 4 is 11.1 Å². The molecule has 0 amide bonds. The van der Waals surface area contributed by atoms with Crippen molar-refractivity contribution in [3.05, 3.63) is 0 Å². The summed E-state index contributed by atoms with van der Waals surface area (Å²) < 4.78 is 16.0. The fourth-order valence-corrected chi connectivity index (χ4v) is 2.00. The summed E-state index contributed by atoms with van der Waals surface area (Å²) in [5, 5.41) is 11.1. The van der Waals surface area contributed by atoms with Crippen molar-refractivity contribution in [3.8, 4) is 0 Å². The molecule has 7 heteroatoms. The third-order valence-corrected chi connectivity index (χ3v) is 2.61. The van der Waals surface area contributed by atoms with Gasteiger partial charge in [-0.05, 0) is 12.8 Å². The van der Waals surface area contributed by atoms with Crippen LogP contribution in [0.3, 0.4) is 0 Å². The maximum atomic E-state index is 10.9. The molecule has 3 unspecified atom stereocenters. The van der Waals surface area contributed by atoms with E-state index < -0.39 is 11.1 Å². The van der Waals surface area contributed by atoms with E-state index in [-0.39, 0.29) is 18.8 Å². The third-order valence-electron chi connectivity index (χ3n) is 2.21. The molecule has 0 aliphatic carbocycles. The van der Waals surface area contributed by atoms with Crippen LogP contribution >= 0.6 is 0 Å². The van der Waals surface area contributed by atoms with Gasteiger partial charge in [-0.25, -0.2) is 14.0 Å². The minimum Gasteiger partial charge on any atom is -0.393 e. The topological polar surface area (TPSA) is 68.2 Å². The van der Waals surface area contributed by atoms with Gasteiger partial charge in [0.05, 0.1) is 19.3 Å². The summed E-state index contributed by atoms with van der Waals surface area (Å²) in [5.74, 6) is 0. The lowest BCUT2D eigenvalue weighted by Gasteiger charge is -2.34. The minimum absolute atomic E-state index is 0.127. The van der Waals surface area contributed by atoms with Gasteiger partial charge in [-0.1, -0.05) is 0 Å². The summed E-state index contributed by atoms with van der Waals surface area (Å²) in [7, 11) is 1.42. The number of hydrogen-bond donors (Lipinski definition) is 1. The van der Waals surface area contributed by atoms with Crippen molar-refractivity contribution in [2.45, 2.75) is 25.0 Å². The van der Waals surface area contributed by atoms with E-state index in [0.717, 1.165) is 0 Å². The summed E-state index contributed by atoms with van der Waals surface area (Å²) in [6.07, 6.45) is 2.24. The van der Waals surface area contributed by atoms with Gasteiger partial charge in [-0.3, -0.25) is 0 Å². The molecule has 0 spiro atoms. The first-order valence-electron chi connectivity index (χ1n) is 4.75. The van der Waals surface area contributed by atoms with Crippen LogP contribution in [0, 0.1) is 0 Å². The van der Waals surface area contributed by atoms with E-state index in [1.807, 2.05) is 0 Å². The minimum atomic E-state index is -1.35. The van der Waals surface area contributed by atoms with E-state index >= 15 is 0 Å². The summed E-state index contributed by atoms with van der Waals surface area (Å²) in [4.78, 5) is 9.29. The number of nitrogens with zero attached hydrogens (tertiary/aromatic N) is 1. The lowest BCUT2D eigenvalue weighted by atomic mass is 10.0. The van der Waals surface area contributed by atoms with Gasteiger partial charge in [0.2, 0.25) is 0 Å². The zero-order valence-electron chi connectivity index (χ0n) is 8.92. The predicted octanol–water partition coefficient (Wildman–Crippen LogP) is -0.385. The number of aliphatic hydroxyl groups excluding tert-OH is 1. The van der Waals surface area contributed by atoms with Crippen molar-refractivity contribution in [2.24, 2.45) is 0 Å². The van der Waals surface area contributed by atoms with Crippen LogP contribution in [0.4, 0.5) is 0 Å². The fraction of sp³-hybridized carbons (Fsp3) is 1.00. The maximum absolute atomic E-state index is 10.9. The van der Waals surface area contributed by atoms with Gasteiger partial charge in [-0.2, -0.15) is 9.35 Å². The van der Waals surface area contributed by atoms with Gasteiger partial charge in [0.1, 0.15) is 6.61 Å². The van der Waals surface area contributed by atoms with Crippen molar-refractivity contribution < 1.29 is 23.4 Å². The molecule has 90 valence electrons. The Morgan fingerprint density at radius 3 is 2.93 bits per heavy atom. The molecule has 1 aliphatic heterocycles. The highest BCUT2D eigenvalue weighted by Crippen LogP contribution is 2.18. The Hall–Kier alpha value is -0.0500. The van der Waals surface area contributed by atoms with Gasteiger partial charge in [0.25, 0.3) is 0 Å². The van der Waals surface area contributed by atoms with E-state index in [1.54, 1.807) is 5.06 Å². The summed E-state index contributed by atoms with van der Waals surface area (Å²) >= 11 is -1.35. The molecule has 0 aromatic heterocycles. The molecule has 0 aromatic carbocycles. The average Bonchev–Trinajstić information content (AvgIpc) is 2.18. The highest BCUT2D eigenvalue weighted by molar-refractivity contribution is 7.79. The fourth-order valence-electron chi connectivity index (χ4n) is 1.54. The van der Waals surface area contributed by atoms with Crippen molar-refractivity contribution in [1.29, 1.82) is 0 Å². The van der Waals surface area contributed by atoms with Crippen molar-refractivity contribution in [1.82, 2.24) is 5.06 Å². The molecule has 1 heterocycles. The number of hydroxylamine groups is 2. The molecule has 0 aromatic rings. The van der Waals surface area contributed by atoms with Gasteiger partial charge in [0, 0.05) is 12.8 Å². The molecule has 0 bridgehead atoms. The van der Waals surface area contributed by atoms with Gasteiger partial charge < -0.3 is 5.11 Å². The molecule has 6 nitrogen and oxygen atoms in total. The Morgan fingerprint density at radius 2 is 2.33 bits per heavy atom. The van der Waals surface area contributed by atoms with E-state index in [0.29, 0.717) is 19.4 Å². The highest BCUT2D eigenvalue weighted by atomic mass is 32.2. The predicted molar refractivity (Wildman–Crippen MR) is 53.8 cm³/mol. The maximum Gasteiger partial charge on any atom is 0.170 e. The van der Waals surface area contributed by atoms with Gasteiger partial charge in [0.15, 0.2) is 11.1 Å². The standard InChI is InChI=1S/C8H17NO5S/c1-12-13-6-7-5-8(10)3-4-9(7)14-15(2)11/h7-8,10H,3-6H2,1-2H3. The second-order valence-corrected chi connectivity index (χ2v) is 4.35. The van der Waals surface area contributed by atoms with E-state index in [4.69, 9.17) is 9.17 Å². The van der Waals surface area contributed by atoms with Crippen LogP contribution in [0.1, 0.15) is 12.8 Å². The molecular weight excluding hydrogens is 222 g/mol. The average molecular weight is 239 g/mol. The molecule has 1 rings (SSSR count). The summed E-state index contributed by atoms with van der Waals surface area (Å²) in [6, 6.07) is -0.127. The molecule has 1 N–H and O–H groups in total. The van der Waals surface area contributed by atoms with Crippen LogP contribution in [0.25, 0.3) is 0 Å². The lowest BCUT2D eigenvalue weighted by Crippen LogP contribution is -2.46. The van der Waals surface area contributed by atoms with Gasteiger partial charge >= 0.3 is 0 Å². The van der Waals surface area contributed by atoms with Crippen LogP contribution in [-0.2, 0) is 25.1 Å². The second-order valence-electron chi connectivity index (χ2n) is 3.40. The first-order chi connectivity index (χ1) is 7.13. The molecule has 0 radical (unpaired) electrons. The van der Waals surface area contributed by atoms with Crippen LogP contribution in [-0.4, -0.2) is 53.0 Å². The zero-order chi connectivity index (χ0) is 11.3. The Bertz CT molecular complexity index is 215. The smallest absolute Gasteiger partial charge is 0.170 e. The van der Waals surface area contributed by atoms with Crippen LogP contribution in [0.15, 0.2) is 0 Å². The summed E-state index contributed by atoms with van der Waals surface area (Å²) in [6.45, 7) is 0.823. The van der Waals surface area contributed by atoms with Gasteiger partial charge in [-0.15, -0.1) is 0 Å². The van der Waals surface area contributed by atoms with Crippen molar-refractivity contribution in [2.75, 3.05) is 26.5 Å². The highest BCUT2D eigenvalue weighted by Gasteiger charge is 2.29. The normalized spacial score (nSPS) is 30.3. The van der Waals surface area contributed by atoms with Crippen LogP contribution < -0.4 is 0 Å². The monoisotopic (exact) mass is 239 g/mol. The Morgan fingerprint density at radius 1 is 1.60 bits per heavy atom. The molecule has 3 atom stereocenters. The SMILES string of the molecule is COOCC1CC(O)CCN1OS(C)=O. The number of piperidine rings is 1. The number of rotatable bonds is 5. The lowest BCUT2D eigenvalue weighted by molar-refractivity contribution is -0.293. The molecule has 15 heavy (non-hydrogen) atoms. The molecule has 1 fully saturated rings. The number of hydrogen-bond acceptors (Lipinski definition) is 6. The van der Waals surface area contributed by atoms with E-state index in [9.17, 15) is 9.32 Å². The first kappa shape index (κ1) is 13.0. The molecule has 0 saturated carbocycles. The Labute approximate surface area is 91.6 Å². The second kappa shape index (κ2) is 6.51. The van der Waals surface area contributed by atoms with Crippen molar-refractivity contribution in [3.63, 3.8) is 0 Å². The zero-order valence-corrected chi connectivity index (χ0v) is 9.74. The molecular formula is C8H17NO5S. The first-order valence-corrected chi connectivity index (χ1v) is 6.24. The van der Waals surface area contributed by atoms with E-state index in [2.05, 4.69) is 4.89 Å². The largest absolute Gasteiger partial charge is 0.393 e. The van der Waals surface area contributed by atoms with E-state index in [1.165, 1.54) is 13.4 Å². The van der Waals surface area contributed by atoms with Crippen LogP contribution in [0.2, 0.25) is 0 Å². The molecule has 1 aliphatic rings. The quantitative estimate of drug-likeness (QED) is 0.521. The Balaban J connectivity index is 2.45. The number of aliphatic hydroxyl groups is 1. The van der Waals surface area contributed by atoms with Crippen LogP contribution in [0.5, 0.6) is 0 Å².